The van der Waals surface area contributed by atoms with Crippen LogP contribution in [0.15, 0.2) is 24.3 Å². The smallest absolute Gasteiger partial charge is 0.443 e. The molecule has 0 bridgehead atoms. The Bertz CT molecular complexity index is 785. The molecule has 1 rings (SSSR count). The van der Waals surface area contributed by atoms with E-state index in [1.165, 1.54) is 57.8 Å². The summed E-state index contributed by atoms with van der Waals surface area (Å²) in [5.41, 5.74) is 0.738. The van der Waals surface area contributed by atoms with Crippen LogP contribution in [0, 0.1) is 0 Å². The van der Waals surface area contributed by atoms with Gasteiger partial charge < -0.3 is 18.9 Å². The third kappa shape index (κ3) is 15.8. The van der Waals surface area contributed by atoms with Crippen LogP contribution in [0.4, 0.5) is 13.2 Å². The third-order valence-electron chi connectivity index (χ3n) is 7.42. The number of hydrogen-bond acceptors (Lipinski definition) is 6. The van der Waals surface area contributed by atoms with Crippen LogP contribution in [0.5, 0.6) is 5.75 Å². The summed E-state index contributed by atoms with van der Waals surface area (Å²) in [6.45, 7) is 7.44. The van der Waals surface area contributed by atoms with E-state index in [-0.39, 0.29) is 18.8 Å². The van der Waals surface area contributed by atoms with Gasteiger partial charge in [-0.05, 0) is 57.0 Å². The molecule has 0 radical (unpaired) electrons. The molecule has 41 heavy (non-hydrogen) atoms. The van der Waals surface area contributed by atoms with Gasteiger partial charge in [-0.25, -0.2) is 0 Å². The highest BCUT2D eigenvalue weighted by Crippen LogP contribution is 2.37. The highest BCUT2D eigenvalue weighted by atomic mass is 19.4. The number of carbonyl (C=O) groups excluding carboxylic acids is 1. The van der Waals surface area contributed by atoms with Crippen molar-refractivity contribution >= 4 is 5.97 Å². The van der Waals surface area contributed by atoms with Crippen molar-refractivity contribution in [3.8, 4) is 5.75 Å². The lowest BCUT2D eigenvalue weighted by molar-refractivity contribution is -0.368. The van der Waals surface area contributed by atoms with E-state index < -0.39 is 12.0 Å². The SMILES string of the molecule is CCCCCCCCCCCCN(CCCC(=O)OCC)CCOc1ccc(CCC(OC)(OC)C(F)(F)F)cc1. The van der Waals surface area contributed by atoms with Crippen molar-refractivity contribution in [1.82, 2.24) is 4.90 Å². The number of alkyl halides is 3. The Morgan fingerprint density at radius 1 is 0.780 bits per heavy atom. The lowest BCUT2D eigenvalue weighted by Gasteiger charge is -2.32. The molecular formula is C32H54F3NO5. The fourth-order valence-corrected chi connectivity index (χ4v) is 4.85. The van der Waals surface area contributed by atoms with Crippen LogP contribution in [0.1, 0.15) is 103 Å². The molecule has 0 amide bonds. The van der Waals surface area contributed by atoms with Crippen LogP contribution < -0.4 is 4.74 Å². The number of ether oxygens (including phenoxy) is 4. The van der Waals surface area contributed by atoms with Gasteiger partial charge in [0.1, 0.15) is 12.4 Å². The van der Waals surface area contributed by atoms with Crippen LogP contribution in [0.25, 0.3) is 0 Å². The monoisotopic (exact) mass is 589 g/mol. The number of halogens is 3. The Morgan fingerprint density at radius 3 is 1.88 bits per heavy atom. The standard InChI is InChI=1S/C32H54F3NO5/c1-5-7-8-9-10-11-12-13-14-15-24-36(25-16-17-30(37)40-6-2)26-27-41-29-20-18-28(19-21-29)22-23-31(38-3,39-4)32(33,34)35/h18-21H,5-17,22-27H2,1-4H3. The summed E-state index contributed by atoms with van der Waals surface area (Å²) in [5, 5.41) is 0. The molecule has 238 valence electrons. The summed E-state index contributed by atoms with van der Waals surface area (Å²) >= 11 is 0. The number of esters is 1. The number of methoxy groups -OCH3 is 2. The zero-order valence-corrected chi connectivity index (χ0v) is 25.9. The quantitative estimate of drug-likeness (QED) is 0.0652. The van der Waals surface area contributed by atoms with Gasteiger partial charge in [-0.15, -0.1) is 0 Å². The van der Waals surface area contributed by atoms with E-state index in [1.807, 2.05) is 6.92 Å². The van der Waals surface area contributed by atoms with Gasteiger partial charge >= 0.3 is 12.1 Å². The summed E-state index contributed by atoms with van der Waals surface area (Å²) in [5.74, 6) is -2.11. The molecule has 0 heterocycles. The fourth-order valence-electron chi connectivity index (χ4n) is 4.85. The molecule has 0 fully saturated rings. The Kier molecular flexibility index (Phi) is 19.8. The van der Waals surface area contributed by atoms with E-state index in [1.54, 1.807) is 24.3 Å². The second kappa shape index (κ2) is 21.8. The van der Waals surface area contributed by atoms with Crippen LogP contribution >= 0.6 is 0 Å². The molecule has 0 saturated carbocycles. The molecule has 0 aliphatic rings. The highest BCUT2D eigenvalue weighted by Gasteiger charge is 2.56. The van der Waals surface area contributed by atoms with Crippen molar-refractivity contribution in [2.75, 3.05) is 47.1 Å². The Morgan fingerprint density at radius 2 is 1.34 bits per heavy atom. The first kappa shape index (κ1) is 37.2. The molecule has 0 unspecified atom stereocenters. The Hall–Kier alpha value is -1.84. The second-order valence-corrected chi connectivity index (χ2v) is 10.6. The summed E-state index contributed by atoms with van der Waals surface area (Å²) in [7, 11) is 2.01. The maximum absolute atomic E-state index is 13.4. The van der Waals surface area contributed by atoms with Gasteiger partial charge in [0.25, 0.3) is 5.79 Å². The minimum absolute atomic E-state index is 0.147. The van der Waals surface area contributed by atoms with Crippen molar-refractivity contribution in [2.45, 2.75) is 116 Å². The van der Waals surface area contributed by atoms with Gasteiger partial charge in [-0.3, -0.25) is 9.69 Å². The molecule has 0 atom stereocenters. The van der Waals surface area contributed by atoms with Gasteiger partial charge in [-0.2, -0.15) is 13.2 Å². The van der Waals surface area contributed by atoms with Crippen molar-refractivity contribution in [2.24, 2.45) is 0 Å². The maximum atomic E-state index is 13.4. The molecule has 6 nitrogen and oxygen atoms in total. The molecule has 0 aliphatic heterocycles. The molecular weight excluding hydrogens is 535 g/mol. The predicted molar refractivity (Wildman–Crippen MR) is 157 cm³/mol. The normalized spacial score (nSPS) is 12.2. The first-order valence-corrected chi connectivity index (χ1v) is 15.5. The van der Waals surface area contributed by atoms with E-state index in [9.17, 15) is 18.0 Å². The number of hydrogen-bond donors (Lipinski definition) is 0. The van der Waals surface area contributed by atoms with E-state index >= 15 is 0 Å². The molecule has 0 N–H and O–H groups in total. The zero-order valence-electron chi connectivity index (χ0n) is 25.9. The molecule has 9 heteroatoms. The predicted octanol–water partition coefficient (Wildman–Crippen LogP) is 8.12. The number of unbranched alkanes of at least 4 members (excludes halogenated alkanes) is 9. The summed E-state index contributed by atoms with van der Waals surface area (Å²) in [4.78, 5) is 14.1. The minimum Gasteiger partial charge on any atom is -0.492 e. The molecule has 0 aromatic heterocycles. The van der Waals surface area contributed by atoms with Crippen LogP contribution in [0.2, 0.25) is 0 Å². The summed E-state index contributed by atoms with van der Waals surface area (Å²) < 4.78 is 60.6. The average Bonchev–Trinajstić information content (AvgIpc) is 2.94. The molecule has 0 spiro atoms. The maximum Gasteiger partial charge on any atom is 0.443 e. The molecule has 0 aliphatic carbocycles. The topological polar surface area (TPSA) is 57.2 Å². The number of benzene rings is 1. The third-order valence-corrected chi connectivity index (χ3v) is 7.42. The zero-order chi connectivity index (χ0) is 30.4. The van der Waals surface area contributed by atoms with E-state index in [0.717, 1.165) is 52.3 Å². The van der Waals surface area contributed by atoms with Crippen molar-refractivity contribution in [3.05, 3.63) is 29.8 Å². The highest BCUT2D eigenvalue weighted by molar-refractivity contribution is 5.69. The lowest BCUT2D eigenvalue weighted by atomic mass is 10.0. The van der Waals surface area contributed by atoms with Crippen LogP contribution in [-0.4, -0.2) is 69.9 Å². The summed E-state index contributed by atoms with van der Waals surface area (Å²) in [6.07, 6.45) is 9.19. The van der Waals surface area contributed by atoms with E-state index in [2.05, 4.69) is 11.8 Å². The van der Waals surface area contributed by atoms with Gasteiger partial charge in [0.15, 0.2) is 0 Å². The minimum atomic E-state index is -4.63. The van der Waals surface area contributed by atoms with Gasteiger partial charge in [0.05, 0.1) is 6.61 Å². The number of aryl methyl sites for hydroxylation is 1. The largest absolute Gasteiger partial charge is 0.492 e. The average molecular weight is 590 g/mol. The van der Waals surface area contributed by atoms with Crippen molar-refractivity contribution in [3.63, 3.8) is 0 Å². The van der Waals surface area contributed by atoms with Crippen LogP contribution in [-0.2, 0) is 25.4 Å². The molecule has 1 aromatic carbocycles. The molecule has 1 aromatic rings. The first-order chi connectivity index (χ1) is 19.7. The van der Waals surface area contributed by atoms with Crippen LogP contribution in [0.3, 0.4) is 0 Å². The number of carbonyl (C=O) groups is 1. The number of nitrogens with zero attached hydrogens (tertiary/aromatic N) is 1. The number of rotatable bonds is 25. The lowest BCUT2D eigenvalue weighted by Crippen LogP contribution is -2.49. The van der Waals surface area contributed by atoms with E-state index in [4.69, 9.17) is 18.9 Å². The van der Waals surface area contributed by atoms with Crippen molar-refractivity contribution in [1.29, 1.82) is 0 Å². The fraction of sp³-hybridized carbons (Fsp3) is 0.781. The Labute approximate surface area is 246 Å². The van der Waals surface area contributed by atoms with Crippen molar-refractivity contribution < 1.29 is 36.9 Å². The molecule has 0 saturated heterocycles. The Balaban J connectivity index is 2.47. The second-order valence-electron chi connectivity index (χ2n) is 10.6. The summed E-state index contributed by atoms with van der Waals surface area (Å²) in [6, 6.07) is 7.08. The van der Waals surface area contributed by atoms with Gasteiger partial charge in [0.2, 0.25) is 0 Å². The first-order valence-electron chi connectivity index (χ1n) is 15.5. The van der Waals surface area contributed by atoms with Gasteiger partial charge in [0, 0.05) is 33.6 Å². The van der Waals surface area contributed by atoms with E-state index in [0.29, 0.717) is 25.4 Å². The van der Waals surface area contributed by atoms with Gasteiger partial charge in [-0.1, -0.05) is 76.8 Å².